The fourth-order valence-electron chi connectivity index (χ4n) is 1.18. The van der Waals surface area contributed by atoms with Crippen molar-refractivity contribution >= 4 is 5.82 Å². The van der Waals surface area contributed by atoms with Crippen molar-refractivity contribution in [3.05, 3.63) is 11.9 Å². The molecule has 0 saturated heterocycles. The highest BCUT2D eigenvalue weighted by atomic mass is 16.5. The second kappa shape index (κ2) is 4.83. The summed E-state index contributed by atoms with van der Waals surface area (Å²) in [5, 5.41) is 0. The number of hydrogen-bond acceptors (Lipinski definition) is 5. The van der Waals surface area contributed by atoms with Gasteiger partial charge in [0.05, 0.1) is 0 Å². The third-order valence-electron chi connectivity index (χ3n) is 2.23. The third-order valence-corrected chi connectivity index (χ3v) is 2.23. The first kappa shape index (κ1) is 14.3. The number of nitrogens with zero attached hydrogens (tertiary/aromatic N) is 2. The molecule has 0 spiro atoms. The maximum Gasteiger partial charge on any atom is 0.220 e. The standard InChI is InChI=1S/C13H20N4O/c1-7-13(5,6)18-10-8-9(17-14)15-11(16-10)12(2,3)4/h1,8H,14H2,2-6H3,(H,15,16,17). The predicted octanol–water partition coefficient (Wildman–Crippen LogP) is 1.85. The Kier molecular flexibility index (Phi) is 3.82. The molecule has 18 heavy (non-hydrogen) atoms. The maximum absolute atomic E-state index is 5.65. The molecule has 0 saturated carbocycles. The van der Waals surface area contributed by atoms with E-state index < -0.39 is 5.60 Å². The second-order valence-corrected chi connectivity index (χ2v) is 5.57. The normalized spacial score (nSPS) is 11.8. The van der Waals surface area contributed by atoms with Crippen LogP contribution in [0.4, 0.5) is 5.82 Å². The number of aromatic nitrogens is 2. The minimum atomic E-state index is -0.727. The first-order valence-corrected chi connectivity index (χ1v) is 5.71. The largest absolute Gasteiger partial charge is 0.458 e. The van der Waals surface area contributed by atoms with Crippen LogP contribution in [-0.2, 0) is 5.41 Å². The van der Waals surface area contributed by atoms with E-state index in [1.807, 2.05) is 20.8 Å². The summed E-state index contributed by atoms with van der Waals surface area (Å²) in [5.74, 6) is 9.49. The second-order valence-electron chi connectivity index (χ2n) is 5.57. The fourth-order valence-corrected chi connectivity index (χ4v) is 1.18. The number of ether oxygens (including phenoxy) is 1. The Morgan fingerprint density at radius 3 is 2.33 bits per heavy atom. The van der Waals surface area contributed by atoms with Gasteiger partial charge < -0.3 is 10.2 Å². The van der Waals surface area contributed by atoms with Crippen LogP contribution in [0.2, 0.25) is 0 Å². The van der Waals surface area contributed by atoms with Crippen molar-refractivity contribution in [2.45, 2.75) is 45.6 Å². The minimum absolute atomic E-state index is 0.203. The van der Waals surface area contributed by atoms with Crippen molar-refractivity contribution < 1.29 is 4.74 Å². The van der Waals surface area contributed by atoms with Crippen molar-refractivity contribution in [1.82, 2.24) is 9.97 Å². The topological polar surface area (TPSA) is 73.1 Å². The van der Waals surface area contributed by atoms with Crippen molar-refractivity contribution in [1.29, 1.82) is 0 Å². The van der Waals surface area contributed by atoms with Crippen LogP contribution in [0.3, 0.4) is 0 Å². The molecule has 0 aliphatic carbocycles. The zero-order valence-corrected chi connectivity index (χ0v) is 11.5. The number of nitrogens with one attached hydrogen (secondary N) is 1. The van der Waals surface area contributed by atoms with Crippen LogP contribution in [0.25, 0.3) is 0 Å². The Hall–Kier alpha value is -1.80. The van der Waals surface area contributed by atoms with Crippen LogP contribution in [0, 0.1) is 12.3 Å². The molecule has 0 bridgehead atoms. The molecule has 5 heteroatoms. The first-order valence-electron chi connectivity index (χ1n) is 5.71. The van der Waals surface area contributed by atoms with E-state index in [1.165, 1.54) is 0 Å². The molecule has 0 amide bonds. The van der Waals surface area contributed by atoms with Crippen LogP contribution in [-0.4, -0.2) is 15.6 Å². The molecular formula is C13H20N4O. The number of nitrogen functional groups attached to an aromatic ring is 1. The molecule has 1 heterocycles. The maximum atomic E-state index is 5.65. The predicted molar refractivity (Wildman–Crippen MR) is 72.1 cm³/mol. The summed E-state index contributed by atoms with van der Waals surface area (Å²) in [5.41, 5.74) is 1.57. The van der Waals surface area contributed by atoms with Gasteiger partial charge in [-0.2, -0.15) is 4.98 Å². The van der Waals surface area contributed by atoms with E-state index in [4.69, 9.17) is 17.0 Å². The summed E-state index contributed by atoms with van der Waals surface area (Å²) in [6, 6.07) is 1.62. The van der Waals surface area contributed by atoms with Crippen LogP contribution >= 0.6 is 0 Å². The van der Waals surface area contributed by atoms with Crippen molar-refractivity contribution in [2.24, 2.45) is 5.84 Å². The van der Waals surface area contributed by atoms with Gasteiger partial charge in [-0.1, -0.05) is 26.7 Å². The van der Waals surface area contributed by atoms with E-state index in [9.17, 15) is 0 Å². The highest BCUT2D eigenvalue weighted by Crippen LogP contribution is 2.24. The van der Waals surface area contributed by atoms with E-state index >= 15 is 0 Å². The van der Waals surface area contributed by atoms with Gasteiger partial charge in [-0.25, -0.2) is 10.8 Å². The van der Waals surface area contributed by atoms with E-state index in [0.717, 1.165) is 0 Å². The lowest BCUT2D eigenvalue weighted by molar-refractivity contribution is 0.163. The van der Waals surface area contributed by atoms with Gasteiger partial charge >= 0.3 is 0 Å². The monoisotopic (exact) mass is 248 g/mol. The van der Waals surface area contributed by atoms with E-state index in [0.29, 0.717) is 17.5 Å². The Balaban J connectivity index is 3.18. The molecule has 3 N–H and O–H groups in total. The van der Waals surface area contributed by atoms with Crippen LogP contribution in [0.5, 0.6) is 5.88 Å². The fraction of sp³-hybridized carbons (Fsp3) is 0.538. The summed E-state index contributed by atoms with van der Waals surface area (Å²) < 4.78 is 5.65. The quantitative estimate of drug-likeness (QED) is 0.485. The number of nitrogens with two attached hydrogens (primary N) is 1. The number of hydrogen-bond donors (Lipinski definition) is 2. The number of rotatable bonds is 3. The van der Waals surface area contributed by atoms with Gasteiger partial charge in [-0.3, -0.25) is 0 Å². The van der Waals surface area contributed by atoms with Gasteiger partial charge in [0, 0.05) is 11.5 Å². The molecule has 0 fully saturated rings. The lowest BCUT2D eigenvalue weighted by Crippen LogP contribution is -2.27. The van der Waals surface area contributed by atoms with Gasteiger partial charge in [0.15, 0.2) is 5.60 Å². The Bertz CT molecular complexity index is 469. The summed E-state index contributed by atoms with van der Waals surface area (Å²) in [7, 11) is 0. The van der Waals surface area contributed by atoms with Gasteiger partial charge in [-0.05, 0) is 13.8 Å². The average molecular weight is 248 g/mol. The molecule has 0 aliphatic heterocycles. The molecule has 0 aromatic carbocycles. The molecule has 1 rings (SSSR count). The number of hydrazine groups is 1. The molecule has 0 atom stereocenters. The Labute approximate surface area is 108 Å². The van der Waals surface area contributed by atoms with Crippen LogP contribution < -0.4 is 16.0 Å². The molecule has 5 nitrogen and oxygen atoms in total. The van der Waals surface area contributed by atoms with E-state index in [2.05, 4.69) is 21.3 Å². The molecule has 0 aliphatic rings. The summed E-state index contributed by atoms with van der Waals surface area (Å²) in [4.78, 5) is 8.66. The smallest absolute Gasteiger partial charge is 0.220 e. The third kappa shape index (κ3) is 3.60. The van der Waals surface area contributed by atoms with Crippen LogP contribution in [0.1, 0.15) is 40.4 Å². The highest BCUT2D eigenvalue weighted by Gasteiger charge is 2.22. The molecule has 1 aromatic rings. The average Bonchev–Trinajstić information content (AvgIpc) is 2.27. The zero-order valence-electron chi connectivity index (χ0n) is 11.5. The molecule has 98 valence electrons. The van der Waals surface area contributed by atoms with Crippen molar-refractivity contribution in [2.75, 3.05) is 5.43 Å². The van der Waals surface area contributed by atoms with E-state index in [-0.39, 0.29) is 5.41 Å². The minimum Gasteiger partial charge on any atom is -0.458 e. The SMILES string of the molecule is C#CC(C)(C)Oc1cc(NN)nc(C(C)(C)C)n1. The summed E-state index contributed by atoms with van der Waals surface area (Å²) in [6.45, 7) is 9.62. The lowest BCUT2D eigenvalue weighted by Gasteiger charge is -2.22. The zero-order chi connectivity index (χ0) is 14.0. The molecule has 0 unspecified atom stereocenters. The van der Waals surface area contributed by atoms with Crippen molar-refractivity contribution in [3.8, 4) is 18.2 Å². The van der Waals surface area contributed by atoms with Gasteiger partial charge in [0.1, 0.15) is 11.6 Å². The van der Waals surface area contributed by atoms with Crippen LogP contribution in [0.15, 0.2) is 6.07 Å². The Morgan fingerprint density at radius 2 is 1.89 bits per heavy atom. The first-order chi connectivity index (χ1) is 8.18. The molecule has 0 radical (unpaired) electrons. The summed E-state index contributed by atoms with van der Waals surface area (Å²) >= 11 is 0. The molecule has 1 aromatic heterocycles. The van der Waals surface area contributed by atoms with Gasteiger partial charge in [0.2, 0.25) is 5.88 Å². The molecular weight excluding hydrogens is 228 g/mol. The Morgan fingerprint density at radius 1 is 1.28 bits per heavy atom. The van der Waals surface area contributed by atoms with Gasteiger partial charge in [-0.15, -0.1) is 6.42 Å². The van der Waals surface area contributed by atoms with Gasteiger partial charge in [0.25, 0.3) is 0 Å². The number of anilines is 1. The lowest BCUT2D eigenvalue weighted by atomic mass is 9.96. The van der Waals surface area contributed by atoms with Crippen molar-refractivity contribution in [3.63, 3.8) is 0 Å². The van der Waals surface area contributed by atoms with E-state index in [1.54, 1.807) is 19.9 Å². The highest BCUT2D eigenvalue weighted by molar-refractivity contribution is 5.38. The summed E-state index contributed by atoms with van der Waals surface area (Å²) in [6.07, 6.45) is 5.39. The number of terminal acetylenes is 1.